The van der Waals surface area contributed by atoms with Gasteiger partial charge in [-0.25, -0.2) is 24.7 Å². The molecule has 3 amide bonds. The SMILES string of the molecule is CCN(C(=O)CCn1c(C2CCCN(C(=O)OC(C)Cc3ccc4nc(C5CCCN(c6nccc(C)n6)C5)n(CCC(=O)N(CC)C5CCCCC5)c4c3)C2)nc2ccccc21)C1CCCCC1. The summed E-state index contributed by atoms with van der Waals surface area (Å²) >= 11 is 0. The lowest BCUT2D eigenvalue weighted by molar-refractivity contribution is -0.135. The van der Waals surface area contributed by atoms with Gasteiger partial charge in [-0.05, 0) is 115 Å². The minimum absolute atomic E-state index is 0.0288. The molecule has 4 fully saturated rings. The highest BCUT2D eigenvalue weighted by Crippen LogP contribution is 2.34. The van der Waals surface area contributed by atoms with E-state index >= 15 is 0 Å². The Balaban J connectivity index is 0.889. The maximum absolute atomic E-state index is 14.0. The van der Waals surface area contributed by atoms with E-state index in [0.29, 0.717) is 57.5 Å². The zero-order valence-electron chi connectivity index (χ0n) is 41.9. The van der Waals surface area contributed by atoms with Crippen LogP contribution in [-0.4, -0.2) is 119 Å². The Kier molecular flexibility index (Phi) is 15.8. The molecule has 0 spiro atoms. The molecular formula is C55H76N10O4. The molecule has 370 valence electrons. The fourth-order valence-electron chi connectivity index (χ4n) is 12.2. The molecule has 3 unspecified atom stereocenters. The van der Waals surface area contributed by atoms with Gasteiger partial charge in [0.25, 0.3) is 0 Å². The number of nitrogens with zero attached hydrogens (tertiary/aromatic N) is 10. The number of imidazole rings is 2. The molecule has 2 aliphatic carbocycles. The van der Waals surface area contributed by atoms with Crippen LogP contribution in [0.4, 0.5) is 10.7 Å². The van der Waals surface area contributed by atoms with Crippen molar-refractivity contribution in [2.75, 3.05) is 44.2 Å². The molecule has 4 aliphatic rings. The first-order chi connectivity index (χ1) is 33.7. The third-order valence-electron chi connectivity index (χ3n) is 15.7. The fraction of sp³-hybridized carbons (Fsp3) is 0.618. The zero-order chi connectivity index (χ0) is 47.9. The number of amides is 3. The maximum Gasteiger partial charge on any atom is 0.410 e. The van der Waals surface area contributed by atoms with Crippen LogP contribution in [0.5, 0.6) is 0 Å². The highest BCUT2D eigenvalue weighted by atomic mass is 16.6. The number of rotatable bonds is 16. The summed E-state index contributed by atoms with van der Waals surface area (Å²) in [5.74, 6) is 3.32. The molecule has 3 aromatic heterocycles. The van der Waals surface area contributed by atoms with Gasteiger partial charge < -0.3 is 33.5 Å². The standard InChI is InChI=1S/C55H76N10O4/c1-5-62(44-19-9-7-10-20-44)50(66)28-33-64-48-24-14-13-23-46(48)58-52(64)43-18-16-32-61(38-43)55(68)69-40(4)35-41-25-26-47-49(36-41)65(34-29-51(67)63(6-2)45-21-11-8-12-22-45)53(59-47)42-17-15-31-60(37-42)54-56-30-27-39(3)57-54/h13-14,23-27,30,36,40,42-45H,5-12,15-22,28-29,31-35,37-38H2,1-4H3. The van der Waals surface area contributed by atoms with E-state index in [2.05, 4.69) is 66.9 Å². The van der Waals surface area contributed by atoms with Gasteiger partial charge >= 0.3 is 6.09 Å². The summed E-state index contributed by atoms with van der Waals surface area (Å²) in [7, 11) is 0. The Morgan fingerprint density at radius 1 is 0.681 bits per heavy atom. The number of likely N-dealkylation sites (tertiary alicyclic amines) is 1. The van der Waals surface area contributed by atoms with Crippen molar-refractivity contribution in [2.24, 2.45) is 0 Å². The summed E-state index contributed by atoms with van der Waals surface area (Å²) in [6.07, 6.45) is 18.0. The van der Waals surface area contributed by atoms with Gasteiger partial charge in [0.15, 0.2) is 0 Å². The first kappa shape index (κ1) is 48.5. The van der Waals surface area contributed by atoms with Crippen LogP contribution < -0.4 is 4.90 Å². The molecule has 69 heavy (non-hydrogen) atoms. The number of anilines is 1. The topological polar surface area (TPSA) is 135 Å². The summed E-state index contributed by atoms with van der Waals surface area (Å²) in [5, 5.41) is 0. The summed E-state index contributed by atoms with van der Waals surface area (Å²) in [6, 6.07) is 17.2. The molecule has 0 radical (unpaired) electrons. The van der Waals surface area contributed by atoms with Crippen molar-refractivity contribution >= 4 is 45.9 Å². The predicted molar refractivity (Wildman–Crippen MR) is 271 cm³/mol. The van der Waals surface area contributed by atoms with E-state index in [1.165, 1.54) is 38.5 Å². The quantitative estimate of drug-likeness (QED) is 0.0948. The second-order valence-corrected chi connectivity index (χ2v) is 20.5. The molecule has 2 saturated heterocycles. The molecule has 9 rings (SSSR count). The molecule has 2 aliphatic heterocycles. The van der Waals surface area contributed by atoms with E-state index in [9.17, 15) is 14.4 Å². The van der Waals surface area contributed by atoms with Crippen molar-refractivity contribution in [1.29, 1.82) is 0 Å². The second kappa shape index (κ2) is 22.5. The predicted octanol–water partition coefficient (Wildman–Crippen LogP) is 9.96. The fourth-order valence-corrected chi connectivity index (χ4v) is 12.2. The number of aryl methyl sites for hydroxylation is 3. The van der Waals surface area contributed by atoms with Crippen LogP contribution in [0.25, 0.3) is 22.1 Å². The second-order valence-electron chi connectivity index (χ2n) is 20.5. The average Bonchev–Trinajstić information content (AvgIpc) is 3.94. The van der Waals surface area contributed by atoms with Crippen LogP contribution in [0.3, 0.4) is 0 Å². The highest BCUT2D eigenvalue weighted by Gasteiger charge is 2.33. The lowest BCUT2D eigenvalue weighted by atomic mass is 9.94. The minimum Gasteiger partial charge on any atom is -0.446 e. The Morgan fingerprint density at radius 3 is 1.91 bits per heavy atom. The van der Waals surface area contributed by atoms with Gasteiger partial charge in [-0.1, -0.05) is 56.7 Å². The molecule has 14 nitrogen and oxygen atoms in total. The molecule has 3 atom stereocenters. The molecule has 0 N–H and O–H groups in total. The van der Waals surface area contributed by atoms with Crippen molar-refractivity contribution in [3.05, 3.63) is 77.6 Å². The van der Waals surface area contributed by atoms with E-state index in [0.717, 1.165) is 128 Å². The van der Waals surface area contributed by atoms with E-state index in [1.54, 1.807) is 0 Å². The van der Waals surface area contributed by atoms with Crippen molar-refractivity contribution in [3.63, 3.8) is 0 Å². The third kappa shape index (κ3) is 11.3. The molecule has 2 aromatic carbocycles. The van der Waals surface area contributed by atoms with Crippen molar-refractivity contribution in [2.45, 2.75) is 180 Å². The van der Waals surface area contributed by atoms with Gasteiger partial charge in [-0.15, -0.1) is 0 Å². The van der Waals surface area contributed by atoms with Gasteiger partial charge in [0.2, 0.25) is 17.8 Å². The van der Waals surface area contributed by atoms with Gasteiger partial charge in [-0.2, -0.15) is 0 Å². The normalized spacial score (nSPS) is 20.1. The van der Waals surface area contributed by atoms with E-state index < -0.39 is 0 Å². The van der Waals surface area contributed by atoms with Crippen LogP contribution >= 0.6 is 0 Å². The smallest absolute Gasteiger partial charge is 0.410 e. The molecule has 5 aromatic rings. The highest BCUT2D eigenvalue weighted by molar-refractivity contribution is 5.80. The number of carbonyl (C=O) groups is 3. The number of hydrogen-bond donors (Lipinski definition) is 0. The van der Waals surface area contributed by atoms with Crippen LogP contribution in [0.15, 0.2) is 54.7 Å². The van der Waals surface area contributed by atoms with Gasteiger partial charge in [0.1, 0.15) is 17.8 Å². The Hall–Kier alpha value is -5.53. The number of benzene rings is 2. The first-order valence-electron chi connectivity index (χ1n) is 26.7. The Labute approximate surface area is 409 Å². The number of piperidine rings is 2. The molecular weight excluding hydrogens is 865 g/mol. The van der Waals surface area contributed by atoms with Crippen LogP contribution in [0, 0.1) is 6.92 Å². The summed E-state index contributed by atoms with van der Waals surface area (Å²) in [6.45, 7) is 13.6. The van der Waals surface area contributed by atoms with Gasteiger partial charge in [-0.3, -0.25) is 9.59 Å². The van der Waals surface area contributed by atoms with Crippen molar-refractivity contribution in [1.82, 2.24) is 43.8 Å². The van der Waals surface area contributed by atoms with E-state index in [-0.39, 0.29) is 35.8 Å². The third-order valence-corrected chi connectivity index (χ3v) is 15.7. The van der Waals surface area contributed by atoms with Gasteiger partial charge in [0.05, 0.1) is 22.1 Å². The summed E-state index contributed by atoms with van der Waals surface area (Å²) in [5.41, 5.74) is 5.89. The number of aromatic nitrogens is 6. The van der Waals surface area contributed by atoms with Crippen LogP contribution in [0.2, 0.25) is 0 Å². The minimum atomic E-state index is -0.371. The number of para-hydroxylation sites is 2. The number of carbonyl (C=O) groups excluding carboxylic acids is 3. The molecule has 5 heterocycles. The summed E-state index contributed by atoms with van der Waals surface area (Å²) < 4.78 is 10.8. The lowest BCUT2D eigenvalue weighted by Crippen LogP contribution is -2.42. The number of ether oxygens (including phenoxy) is 1. The number of fused-ring (bicyclic) bond motifs is 2. The average molecular weight is 941 g/mol. The first-order valence-corrected chi connectivity index (χ1v) is 26.7. The van der Waals surface area contributed by atoms with E-state index in [4.69, 9.17) is 19.7 Å². The largest absolute Gasteiger partial charge is 0.446 e. The summed E-state index contributed by atoms with van der Waals surface area (Å²) in [4.78, 5) is 69.9. The molecule has 0 bridgehead atoms. The molecule has 14 heteroatoms. The van der Waals surface area contributed by atoms with Crippen LogP contribution in [0.1, 0.15) is 158 Å². The van der Waals surface area contributed by atoms with Crippen LogP contribution in [-0.2, 0) is 33.8 Å². The van der Waals surface area contributed by atoms with Crippen molar-refractivity contribution < 1.29 is 19.1 Å². The lowest BCUT2D eigenvalue weighted by Gasteiger charge is -2.34. The monoisotopic (exact) mass is 941 g/mol. The van der Waals surface area contributed by atoms with Crippen molar-refractivity contribution in [3.8, 4) is 0 Å². The molecule has 2 saturated carbocycles. The maximum atomic E-state index is 14.0. The number of hydrogen-bond acceptors (Lipinski definition) is 9. The zero-order valence-corrected chi connectivity index (χ0v) is 41.9. The van der Waals surface area contributed by atoms with E-state index in [1.807, 2.05) is 49.2 Å². The Morgan fingerprint density at radius 2 is 1.28 bits per heavy atom. The van der Waals surface area contributed by atoms with Gasteiger partial charge in [0, 0.05) is 107 Å². The Bertz CT molecular complexity index is 2540.